The number of anilines is 1. The average Bonchev–Trinajstić information content (AvgIpc) is 2.95. The molecule has 1 unspecified atom stereocenters. The van der Waals surface area contributed by atoms with Crippen molar-refractivity contribution < 1.29 is 4.74 Å². The first-order valence-corrected chi connectivity index (χ1v) is 8.20. The summed E-state index contributed by atoms with van der Waals surface area (Å²) in [4.78, 5) is 13.6. The summed E-state index contributed by atoms with van der Waals surface area (Å²) in [5, 5.41) is 5.51. The standard InChI is InChI=1S/C14H19ClN4OS/c1-4-7-20-14-18-12(15)17-13(19-14)16-11(9(2)3)10-6-5-8-21-10/h5-6,8-9,11H,4,7H2,1-3H3,(H,16,17,18,19). The highest BCUT2D eigenvalue weighted by molar-refractivity contribution is 7.10. The van der Waals surface area contributed by atoms with Crippen LogP contribution in [0.1, 0.15) is 38.1 Å². The van der Waals surface area contributed by atoms with E-state index in [9.17, 15) is 0 Å². The normalized spacial score (nSPS) is 12.4. The van der Waals surface area contributed by atoms with E-state index in [0.717, 1.165) is 6.42 Å². The molecular weight excluding hydrogens is 308 g/mol. The van der Waals surface area contributed by atoms with Crippen LogP contribution in [0.15, 0.2) is 17.5 Å². The van der Waals surface area contributed by atoms with Crippen LogP contribution in [-0.2, 0) is 0 Å². The molecule has 2 heterocycles. The molecule has 2 aromatic rings. The van der Waals surface area contributed by atoms with Crippen molar-refractivity contribution in [3.63, 3.8) is 0 Å². The quantitative estimate of drug-likeness (QED) is 0.826. The summed E-state index contributed by atoms with van der Waals surface area (Å²) in [7, 11) is 0. The van der Waals surface area contributed by atoms with Crippen LogP contribution in [0.2, 0.25) is 5.28 Å². The first kappa shape index (κ1) is 16.0. The molecule has 7 heteroatoms. The minimum atomic E-state index is 0.127. The highest BCUT2D eigenvalue weighted by Crippen LogP contribution is 2.29. The highest BCUT2D eigenvalue weighted by Gasteiger charge is 2.18. The molecule has 1 N–H and O–H groups in total. The average molecular weight is 327 g/mol. The van der Waals surface area contributed by atoms with E-state index in [-0.39, 0.29) is 17.3 Å². The van der Waals surface area contributed by atoms with E-state index < -0.39 is 0 Å². The second-order valence-electron chi connectivity index (χ2n) is 4.94. The Hall–Kier alpha value is -1.40. The van der Waals surface area contributed by atoms with Gasteiger partial charge in [-0.3, -0.25) is 0 Å². The first-order valence-electron chi connectivity index (χ1n) is 6.94. The van der Waals surface area contributed by atoms with Crippen LogP contribution in [0.3, 0.4) is 0 Å². The maximum atomic E-state index is 5.94. The Balaban J connectivity index is 2.18. The number of nitrogens with one attached hydrogen (secondary N) is 1. The van der Waals surface area contributed by atoms with Gasteiger partial charge in [-0.25, -0.2) is 0 Å². The van der Waals surface area contributed by atoms with Crippen LogP contribution in [0, 0.1) is 5.92 Å². The van der Waals surface area contributed by atoms with Gasteiger partial charge in [0, 0.05) is 4.88 Å². The van der Waals surface area contributed by atoms with Gasteiger partial charge in [-0.1, -0.05) is 26.8 Å². The van der Waals surface area contributed by atoms with Gasteiger partial charge in [0.15, 0.2) is 0 Å². The van der Waals surface area contributed by atoms with Crippen LogP contribution in [0.4, 0.5) is 5.95 Å². The fourth-order valence-electron chi connectivity index (χ4n) is 1.83. The Bertz CT molecular complexity index is 562. The van der Waals surface area contributed by atoms with E-state index in [1.165, 1.54) is 4.88 Å². The molecule has 0 aromatic carbocycles. The van der Waals surface area contributed by atoms with Crippen LogP contribution >= 0.6 is 22.9 Å². The van der Waals surface area contributed by atoms with Gasteiger partial charge in [-0.15, -0.1) is 11.3 Å². The minimum Gasteiger partial charge on any atom is -0.463 e. The lowest BCUT2D eigenvalue weighted by molar-refractivity contribution is 0.291. The number of rotatable bonds is 7. The Morgan fingerprint density at radius 1 is 1.33 bits per heavy atom. The third kappa shape index (κ3) is 4.54. The predicted molar refractivity (Wildman–Crippen MR) is 86.1 cm³/mol. The molecule has 1 atom stereocenters. The Morgan fingerprint density at radius 2 is 2.14 bits per heavy atom. The van der Waals surface area contributed by atoms with E-state index in [1.807, 2.05) is 13.0 Å². The summed E-state index contributed by atoms with van der Waals surface area (Å²) < 4.78 is 5.43. The van der Waals surface area contributed by atoms with Gasteiger partial charge in [-0.2, -0.15) is 15.0 Å². The first-order chi connectivity index (χ1) is 10.1. The summed E-state index contributed by atoms with van der Waals surface area (Å²) in [6, 6.07) is 4.52. The monoisotopic (exact) mass is 326 g/mol. The van der Waals surface area contributed by atoms with E-state index in [2.05, 4.69) is 45.6 Å². The van der Waals surface area contributed by atoms with Gasteiger partial charge < -0.3 is 10.1 Å². The van der Waals surface area contributed by atoms with E-state index in [4.69, 9.17) is 16.3 Å². The maximum Gasteiger partial charge on any atom is 0.322 e. The number of halogens is 1. The summed E-state index contributed by atoms with van der Waals surface area (Å²) in [5.74, 6) is 0.826. The van der Waals surface area contributed by atoms with Crippen molar-refractivity contribution in [2.75, 3.05) is 11.9 Å². The molecular formula is C14H19ClN4OS. The molecule has 0 aliphatic heterocycles. The molecule has 114 valence electrons. The lowest BCUT2D eigenvalue weighted by Crippen LogP contribution is -2.18. The molecule has 21 heavy (non-hydrogen) atoms. The van der Waals surface area contributed by atoms with Gasteiger partial charge in [-0.05, 0) is 35.4 Å². The van der Waals surface area contributed by atoms with E-state index in [1.54, 1.807) is 11.3 Å². The van der Waals surface area contributed by atoms with Crippen LogP contribution in [0.25, 0.3) is 0 Å². The lowest BCUT2D eigenvalue weighted by atomic mass is 10.0. The molecule has 0 saturated heterocycles. The second-order valence-corrected chi connectivity index (χ2v) is 6.26. The molecule has 0 amide bonds. The number of ether oxygens (including phenoxy) is 1. The molecule has 0 aliphatic carbocycles. The Kier molecular flexibility index (Phi) is 5.76. The van der Waals surface area contributed by atoms with Gasteiger partial charge in [0.05, 0.1) is 12.6 Å². The zero-order valence-electron chi connectivity index (χ0n) is 12.3. The summed E-state index contributed by atoms with van der Waals surface area (Å²) >= 11 is 7.64. The fraction of sp³-hybridized carbons (Fsp3) is 0.500. The van der Waals surface area contributed by atoms with Crippen molar-refractivity contribution in [1.29, 1.82) is 0 Å². The van der Waals surface area contributed by atoms with Crippen LogP contribution < -0.4 is 10.1 Å². The lowest BCUT2D eigenvalue weighted by Gasteiger charge is -2.21. The van der Waals surface area contributed by atoms with E-state index in [0.29, 0.717) is 18.5 Å². The van der Waals surface area contributed by atoms with Crippen molar-refractivity contribution in [2.45, 2.75) is 33.2 Å². The van der Waals surface area contributed by atoms with Gasteiger partial charge in [0.25, 0.3) is 0 Å². The number of aromatic nitrogens is 3. The number of hydrogen-bond donors (Lipinski definition) is 1. The molecule has 2 rings (SSSR count). The fourth-order valence-corrected chi connectivity index (χ4v) is 2.93. The molecule has 2 aromatic heterocycles. The van der Waals surface area contributed by atoms with Crippen LogP contribution in [0.5, 0.6) is 6.01 Å². The van der Waals surface area contributed by atoms with Crippen molar-refractivity contribution in [3.8, 4) is 6.01 Å². The second kappa shape index (κ2) is 7.56. The zero-order valence-corrected chi connectivity index (χ0v) is 13.9. The predicted octanol–water partition coefficient (Wildman–Crippen LogP) is 4.18. The van der Waals surface area contributed by atoms with E-state index >= 15 is 0 Å². The smallest absolute Gasteiger partial charge is 0.322 e. The molecule has 0 aliphatic rings. The SMILES string of the molecule is CCCOc1nc(Cl)nc(NC(c2cccs2)C(C)C)n1. The third-order valence-electron chi connectivity index (χ3n) is 2.82. The van der Waals surface area contributed by atoms with Gasteiger partial charge in [0.1, 0.15) is 0 Å². The topological polar surface area (TPSA) is 59.9 Å². The highest BCUT2D eigenvalue weighted by atomic mass is 35.5. The molecule has 0 bridgehead atoms. The summed E-state index contributed by atoms with van der Waals surface area (Å²) in [6.45, 7) is 6.87. The molecule has 0 spiro atoms. The number of nitrogens with zero attached hydrogens (tertiary/aromatic N) is 3. The van der Waals surface area contributed by atoms with Gasteiger partial charge in [0.2, 0.25) is 11.2 Å². The Labute approximate surface area is 133 Å². The summed E-state index contributed by atoms with van der Waals surface area (Å²) in [5.41, 5.74) is 0. The summed E-state index contributed by atoms with van der Waals surface area (Å²) in [6.07, 6.45) is 0.885. The Morgan fingerprint density at radius 3 is 2.76 bits per heavy atom. The van der Waals surface area contributed by atoms with Gasteiger partial charge >= 0.3 is 6.01 Å². The maximum absolute atomic E-state index is 5.94. The molecule has 0 fully saturated rings. The minimum absolute atomic E-state index is 0.127. The van der Waals surface area contributed by atoms with Crippen molar-refractivity contribution in [1.82, 2.24) is 15.0 Å². The largest absolute Gasteiger partial charge is 0.463 e. The number of thiophene rings is 1. The molecule has 0 radical (unpaired) electrons. The molecule has 0 saturated carbocycles. The number of hydrogen-bond acceptors (Lipinski definition) is 6. The van der Waals surface area contributed by atoms with Crippen LogP contribution in [-0.4, -0.2) is 21.6 Å². The van der Waals surface area contributed by atoms with Crippen molar-refractivity contribution in [2.24, 2.45) is 5.92 Å². The third-order valence-corrected chi connectivity index (χ3v) is 3.95. The zero-order chi connectivity index (χ0) is 15.2. The van der Waals surface area contributed by atoms with Crippen molar-refractivity contribution in [3.05, 3.63) is 27.7 Å². The van der Waals surface area contributed by atoms with Crippen molar-refractivity contribution >= 4 is 28.9 Å². The molecule has 5 nitrogen and oxygen atoms in total.